The lowest BCUT2D eigenvalue weighted by Gasteiger charge is -2.31. The Balaban J connectivity index is 2.03. The summed E-state index contributed by atoms with van der Waals surface area (Å²) >= 11 is 0. The first-order chi connectivity index (χ1) is 9.65. The van der Waals surface area contributed by atoms with Crippen LogP contribution in [-0.4, -0.2) is 42.9 Å². The van der Waals surface area contributed by atoms with Crippen molar-refractivity contribution in [3.63, 3.8) is 0 Å². The Morgan fingerprint density at radius 2 is 2.30 bits per heavy atom. The fourth-order valence-electron chi connectivity index (χ4n) is 2.30. The predicted octanol–water partition coefficient (Wildman–Crippen LogP) is 1.47. The second kappa shape index (κ2) is 6.85. The van der Waals surface area contributed by atoms with Crippen LogP contribution in [0.5, 0.6) is 0 Å². The van der Waals surface area contributed by atoms with Crippen molar-refractivity contribution < 1.29 is 18.7 Å². The molecule has 1 amide bonds. The lowest BCUT2D eigenvalue weighted by atomic mass is 10.1. The zero-order chi connectivity index (χ0) is 14.5. The number of hydrogen-bond donors (Lipinski definition) is 1. The van der Waals surface area contributed by atoms with Crippen LogP contribution in [0.4, 0.5) is 0 Å². The average molecular weight is 282 g/mol. The third-order valence-electron chi connectivity index (χ3n) is 3.35. The molecule has 0 spiro atoms. The first kappa shape index (κ1) is 15.0. The molecule has 1 aromatic heterocycles. The van der Waals surface area contributed by atoms with Crippen molar-refractivity contribution in [1.29, 1.82) is 0 Å². The summed E-state index contributed by atoms with van der Waals surface area (Å²) in [6.45, 7) is 7.39. The van der Waals surface area contributed by atoms with E-state index in [2.05, 4.69) is 10.3 Å². The van der Waals surface area contributed by atoms with E-state index >= 15 is 0 Å². The molecule has 1 aliphatic rings. The van der Waals surface area contributed by atoms with Crippen LogP contribution in [0.2, 0.25) is 0 Å². The van der Waals surface area contributed by atoms with E-state index in [-0.39, 0.29) is 18.1 Å². The number of nitrogens with one attached hydrogen (secondary N) is 1. The summed E-state index contributed by atoms with van der Waals surface area (Å²) in [5, 5.41) is 2.97. The molecule has 6 nitrogen and oxygen atoms in total. The Hall–Kier alpha value is -1.40. The number of hydrogen-bond acceptors (Lipinski definition) is 5. The number of aryl methyl sites for hydroxylation is 2. The molecule has 2 rings (SSSR count). The lowest BCUT2D eigenvalue weighted by molar-refractivity contribution is -0.0634. The highest BCUT2D eigenvalue weighted by molar-refractivity contribution is 5.92. The van der Waals surface area contributed by atoms with Crippen molar-refractivity contribution in [2.24, 2.45) is 0 Å². The number of ether oxygens (including phenoxy) is 2. The van der Waals surface area contributed by atoms with Gasteiger partial charge in [-0.25, -0.2) is 4.98 Å². The summed E-state index contributed by atoms with van der Waals surface area (Å²) in [5.74, 6) is 0.649. The van der Waals surface area contributed by atoms with Gasteiger partial charge < -0.3 is 19.2 Å². The zero-order valence-electron chi connectivity index (χ0n) is 12.3. The third-order valence-corrected chi connectivity index (χ3v) is 3.35. The zero-order valence-corrected chi connectivity index (χ0v) is 12.3. The van der Waals surface area contributed by atoms with Crippen LogP contribution in [0, 0.1) is 6.92 Å². The van der Waals surface area contributed by atoms with Crippen LogP contribution in [0.1, 0.15) is 42.4 Å². The van der Waals surface area contributed by atoms with Gasteiger partial charge in [-0.05, 0) is 20.3 Å². The van der Waals surface area contributed by atoms with Crippen LogP contribution in [0.25, 0.3) is 0 Å². The summed E-state index contributed by atoms with van der Waals surface area (Å²) in [5.41, 5.74) is 0.624. The van der Waals surface area contributed by atoms with Crippen LogP contribution < -0.4 is 5.32 Å². The molecule has 20 heavy (non-hydrogen) atoms. The number of amides is 1. The highest BCUT2D eigenvalue weighted by Gasteiger charge is 2.29. The fraction of sp³-hybridized carbons (Fsp3) is 0.714. The first-order valence-corrected chi connectivity index (χ1v) is 7.12. The van der Waals surface area contributed by atoms with Gasteiger partial charge in [0, 0.05) is 19.6 Å². The third kappa shape index (κ3) is 3.37. The van der Waals surface area contributed by atoms with Gasteiger partial charge in [0.1, 0.15) is 6.10 Å². The average Bonchev–Trinajstić information content (AvgIpc) is 2.82. The van der Waals surface area contributed by atoms with E-state index in [1.807, 2.05) is 13.8 Å². The van der Waals surface area contributed by atoms with Crippen LogP contribution in [0.3, 0.4) is 0 Å². The topological polar surface area (TPSA) is 73.6 Å². The summed E-state index contributed by atoms with van der Waals surface area (Å²) in [6.07, 6.45) is 1.31. The number of carbonyl (C=O) groups excluding carboxylic acids is 1. The van der Waals surface area contributed by atoms with Gasteiger partial charge in [0.15, 0.2) is 5.89 Å². The number of oxazole rings is 1. The van der Waals surface area contributed by atoms with E-state index < -0.39 is 0 Å². The van der Waals surface area contributed by atoms with Crippen molar-refractivity contribution in [3.8, 4) is 0 Å². The van der Waals surface area contributed by atoms with Crippen LogP contribution in [-0.2, 0) is 15.9 Å². The normalized spacial score (nSPS) is 22.8. The van der Waals surface area contributed by atoms with Crippen molar-refractivity contribution in [2.75, 3.05) is 19.8 Å². The molecule has 1 saturated heterocycles. The molecule has 1 aromatic rings. The SMILES string of the molecule is CCO[C@@H]1COCC[C@H]1NC(=O)c1oc(CC)nc1C. The van der Waals surface area contributed by atoms with E-state index in [4.69, 9.17) is 13.9 Å². The van der Waals surface area contributed by atoms with E-state index in [0.717, 1.165) is 6.42 Å². The molecule has 1 aliphatic heterocycles. The Labute approximate surface area is 118 Å². The van der Waals surface area contributed by atoms with Gasteiger partial charge >= 0.3 is 0 Å². The minimum absolute atomic E-state index is 0.0502. The van der Waals surface area contributed by atoms with Gasteiger partial charge in [0.25, 0.3) is 5.91 Å². The molecular formula is C14H22N2O4. The molecule has 0 unspecified atom stereocenters. The number of carbonyl (C=O) groups is 1. The minimum atomic E-state index is -0.230. The largest absolute Gasteiger partial charge is 0.435 e. The van der Waals surface area contributed by atoms with E-state index in [0.29, 0.717) is 43.6 Å². The van der Waals surface area contributed by atoms with Crippen molar-refractivity contribution in [2.45, 2.75) is 45.8 Å². The molecule has 6 heteroatoms. The van der Waals surface area contributed by atoms with Crippen molar-refractivity contribution >= 4 is 5.91 Å². The molecule has 1 fully saturated rings. The van der Waals surface area contributed by atoms with E-state index in [1.54, 1.807) is 6.92 Å². The number of rotatable bonds is 5. The maximum Gasteiger partial charge on any atom is 0.289 e. The van der Waals surface area contributed by atoms with Gasteiger partial charge in [-0.15, -0.1) is 0 Å². The monoisotopic (exact) mass is 282 g/mol. The van der Waals surface area contributed by atoms with Crippen molar-refractivity contribution in [3.05, 3.63) is 17.3 Å². The Kier molecular flexibility index (Phi) is 5.14. The van der Waals surface area contributed by atoms with Gasteiger partial charge in [0.2, 0.25) is 5.76 Å². The molecule has 2 heterocycles. The predicted molar refractivity (Wildman–Crippen MR) is 72.7 cm³/mol. The number of aromatic nitrogens is 1. The molecule has 0 bridgehead atoms. The van der Waals surface area contributed by atoms with Crippen LogP contribution >= 0.6 is 0 Å². The Morgan fingerprint density at radius 3 is 2.95 bits per heavy atom. The quantitative estimate of drug-likeness (QED) is 0.885. The maximum absolute atomic E-state index is 12.3. The molecule has 0 radical (unpaired) electrons. The molecule has 2 atom stereocenters. The van der Waals surface area contributed by atoms with Gasteiger partial charge in [-0.1, -0.05) is 6.92 Å². The molecule has 0 aliphatic carbocycles. The van der Waals surface area contributed by atoms with Crippen LogP contribution in [0.15, 0.2) is 4.42 Å². The summed E-state index contributed by atoms with van der Waals surface area (Å²) < 4.78 is 16.5. The van der Waals surface area contributed by atoms with E-state index in [1.165, 1.54) is 0 Å². The minimum Gasteiger partial charge on any atom is -0.435 e. The molecule has 0 aromatic carbocycles. The van der Waals surface area contributed by atoms with E-state index in [9.17, 15) is 4.79 Å². The highest BCUT2D eigenvalue weighted by atomic mass is 16.5. The Morgan fingerprint density at radius 1 is 1.50 bits per heavy atom. The fourth-order valence-corrected chi connectivity index (χ4v) is 2.30. The lowest BCUT2D eigenvalue weighted by Crippen LogP contribution is -2.50. The summed E-state index contributed by atoms with van der Waals surface area (Å²) in [6, 6.07) is -0.0502. The molecule has 112 valence electrons. The second-order valence-corrected chi connectivity index (χ2v) is 4.81. The smallest absolute Gasteiger partial charge is 0.289 e. The van der Waals surface area contributed by atoms with Gasteiger partial charge in [-0.2, -0.15) is 0 Å². The highest BCUT2D eigenvalue weighted by Crippen LogP contribution is 2.15. The van der Waals surface area contributed by atoms with Gasteiger partial charge in [0.05, 0.1) is 18.3 Å². The second-order valence-electron chi connectivity index (χ2n) is 4.81. The maximum atomic E-state index is 12.3. The Bertz CT molecular complexity index is 456. The molecular weight excluding hydrogens is 260 g/mol. The standard InChI is InChI=1S/C14H22N2O4/c1-4-12-15-9(3)13(20-12)14(17)16-10-6-7-18-8-11(10)19-5-2/h10-11H,4-8H2,1-3H3,(H,16,17)/t10-,11-/m1/s1. The molecule has 1 N–H and O–H groups in total. The summed E-state index contributed by atoms with van der Waals surface area (Å²) in [7, 11) is 0. The first-order valence-electron chi connectivity index (χ1n) is 7.12. The van der Waals surface area contributed by atoms with Crippen molar-refractivity contribution in [1.82, 2.24) is 10.3 Å². The summed E-state index contributed by atoms with van der Waals surface area (Å²) in [4.78, 5) is 16.5. The number of nitrogens with zero attached hydrogens (tertiary/aromatic N) is 1. The molecule has 0 saturated carbocycles. The van der Waals surface area contributed by atoms with Gasteiger partial charge in [-0.3, -0.25) is 4.79 Å².